The van der Waals surface area contributed by atoms with Crippen molar-refractivity contribution in [1.29, 1.82) is 0 Å². The van der Waals surface area contributed by atoms with Crippen LogP contribution in [-0.2, 0) is 10.9 Å². The molecule has 0 unspecified atom stereocenters. The molecule has 0 aliphatic heterocycles. The Kier molecular flexibility index (Phi) is 4.98. The number of fused-ring (bicyclic) bond motifs is 1. The molecule has 1 N–H and O–H groups in total. The number of benzene rings is 1. The van der Waals surface area contributed by atoms with Crippen molar-refractivity contribution in [3.8, 4) is 0 Å². The Balaban J connectivity index is 2.51. The van der Waals surface area contributed by atoms with E-state index in [-0.39, 0.29) is 11.3 Å². The van der Waals surface area contributed by atoms with Gasteiger partial charge in [-0.1, -0.05) is 12.1 Å². The van der Waals surface area contributed by atoms with Gasteiger partial charge in [0.2, 0.25) is 0 Å². The predicted molar refractivity (Wildman–Crippen MR) is 88.4 cm³/mol. The van der Waals surface area contributed by atoms with Gasteiger partial charge < -0.3 is 4.74 Å². The van der Waals surface area contributed by atoms with Gasteiger partial charge in [0.05, 0.1) is 11.1 Å². The van der Waals surface area contributed by atoms with Crippen LogP contribution in [0.4, 0.5) is 23.8 Å². The Morgan fingerprint density at radius 2 is 1.92 bits per heavy atom. The van der Waals surface area contributed by atoms with Crippen LogP contribution >= 0.6 is 11.8 Å². The number of carbonyl (C=O) groups is 1. The molecule has 0 aliphatic carbocycles. The number of pyridine rings is 1. The molecule has 130 valence electrons. The molecule has 1 heterocycles. The number of amides is 1. The minimum absolute atomic E-state index is 0.0119. The SMILES string of the molecule is CSc1cc(NC(=O)OC(C)(C)C)nc2c(C(F)(F)F)cccc12. The van der Waals surface area contributed by atoms with Gasteiger partial charge in [-0.05, 0) is 39.2 Å². The summed E-state index contributed by atoms with van der Waals surface area (Å²) in [6, 6.07) is 5.40. The van der Waals surface area contributed by atoms with Crippen molar-refractivity contribution >= 4 is 34.6 Å². The number of ether oxygens (including phenoxy) is 1. The smallest absolute Gasteiger partial charge is 0.418 e. The summed E-state index contributed by atoms with van der Waals surface area (Å²) in [6.07, 6.45) is -3.56. The first kappa shape index (κ1) is 18.4. The van der Waals surface area contributed by atoms with Gasteiger partial charge in [-0.15, -0.1) is 11.8 Å². The Bertz CT molecular complexity index is 770. The number of alkyl halides is 3. The third-order valence-electron chi connectivity index (χ3n) is 2.96. The molecule has 0 saturated carbocycles. The lowest BCUT2D eigenvalue weighted by Gasteiger charge is -2.20. The van der Waals surface area contributed by atoms with E-state index >= 15 is 0 Å². The minimum atomic E-state index is -4.53. The molecular weight excluding hydrogens is 341 g/mol. The normalized spacial score (nSPS) is 12.3. The highest BCUT2D eigenvalue weighted by Crippen LogP contribution is 2.37. The molecule has 0 aliphatic rings. The summed E-state index contributed by atoms with van der Waals surface area (Å²) >= 11 is 1.27. The second-order valence-electron chi connectivity index (χ2n) is 6.04. The predicted octanol–water partition coefficient (Wildman–Crippen LogP) is 5.32. The molecule has 0 saturated heterocycles. The third kappa shape index (κ3) is 4.31. The highest BCUT2D eigenvalue weighted by atomic mass is 32.2. The van der Waals surface area contributed by atoms with Gasteiger partial charge in [-0.25, -0.2) is 9.78 Å². The summed E-state index contributed by atoms with van der Waals surface area (Å²) < 4.78 is 44.7. The van der Waals surface area contributed by atoms with Crippen LogP contribution in [0.15, 0.2) is 29.2 Å². The highest BCUT2D eigenvalue weighted by Gasteiger charge is 2.33. The summed E-state index contributed by atoms with van der Waals surface area (Å²) in [7, 11) is 0. The summed E-state index contributed by atoms with van der Waals surface area (Å²) in [4.78, 5) is 16.4. The first-order chi connectivity index (χ1) is 11.0. The van der Waals surface area contributed by atoms with Crippen LogP contribution in [0, 0.1) is 0 Å². The van der Waals surface area contributed by atoms with Crippen molar-refractivity contribution < 1.29 is 22.7 Å². The van der Waals surface area contributed by atoms with Gasteiger partial charge in [0, 0.05) is 10.3 Å². The van der Waals surface area contributed by atoms with Crippen molar-refractivity contribution in [2.45, 2.75) is 37.4 Å². The molecule has 0 bridgehead atoms. The van der Waals surface area contributed by atoms with Gasteiger partial charge in [-0.3, -0.25) is 5.32 Å². The zero-order chi connectivity index (χ0) is 18.1. The summed E-state index contributed by atoms with van der Waals surface area (Å²) in [6.45, 7) is 5.07. The maximum atomic E-state index is 13.2. The maximum Gasteiger partial charge on any atom is 0.418 e. The van der Waals surface area contributed by atoms with Crippen LogP contribution in [0.1, 0.15) is 26.3 Å². The standard InChI is InChI=1S/C16H17F3N2O2S/c1-15(2,3)23-14(22)21-12-8-11(24-4)9-6-5-7-10(13(9)20-12)16(17,18)19/h5-8H,1-4H3,(H,20,21,22). The van der Waals surface area contributed by atoms with Crippen molar-refractivity contribution in [2.75, 3.05) is 11.6 Å². The van der Waals surface area contributed by atoms with Crippen LogP contribution < -0.4 is 5.32 Å². The number of hydrogen-bond acceptors (Lipinski definition) is 4. The Morgan fingerprint density at radius 3 is 2.46 bits per heavy atom. The van der Waals surface area contributed by atoms with Crippen LogP contribution in [0.2, 0.25) is 0 Å². The number of nitrogens with zero attached hydrogens (tertiary/aromatic N) is 1. The van der Waals surface area contributed by atoms with E-state index in [1.54, 1.807) is 33.1 Å². The maximum absolute atomic E-state index is 13.2. The fourth-order valence-electron chi connectivity index (χ4n) is 2.09. The largest absolute Gasteiger partial charge is 0.444 e. The zero-order valence-electron chi connectivity index (χ0n) is 13.6. The molecule has 1 aromatic heterocycles. The van der Waals surface area contributed by atoms with E-state index in [9.17, 15) is 18.0 Å². The fraction of sp³-hybridized carbons (Fsp3) is 0.375. The molecule has 0 fully saturated rings. The number of carbonyl (C=O) groups excluding carboxylic acids is 1. The lowest BCUT2D eigenvalue weighted by Crippen LogP contribution is -2.27. The number of thioether (sulfide) groups is 1. The number of halogens is 3. The fourth-order valence-corrected chi connectivity index (χ4v) is 2.70. The molecule has 0 atom stereocenters. The van der Waals surface area contributed by atoms with Crippen molar-refractivity contribution in [3.63, 3.8) is 0 Å². The molecule has 24 heavy (non-hydrogen) atoms. The monoisotopic (exact) mass is 358 g/mol. The van der Waals surface area contributed by atoms with Crippen LogP contribution in [0.5, 0.6) is 0 Å². The lowest BCUT2D eigenvalue weighted by molar-refractivity contribution is -0.136. The van der Waals surface area contributed by atoms with Gasteiger partial charge in [0.15, 0.2) is 0 Å². The van der Waals surface area contributed by atoms with Gasteiger partial charge in [0.25, 0.3) is 0 Å². The molecule has 1 aromatic carbocycles. The highest BCUT2D eigenvalue weighted by molar-refractivity contribution is 7.98. The van der Waals surface area contributed by atoms with Crippen LogP contribution in [-0.4, -0.2) is 22.9 Å². The van der Waals surface area contributed by atoms with Gasteiger partial charge in [0.1, 0.15) is 11.4 Å². The molecule has 4 nitrogen and oxygen atoms in total. The van der Waals surface area contributed by atoms with E-state index in [4.69, 9.17) is 4.74 Å². The summed E-state index contributed by atoms with van der Waals surface area (Å²) in [5.74, 6) is 0.0119. The molecule has 8 heteroatoms. The second-order valence-corrected chi connectivity index (χ2v) is 6.88. The van der Waals surface area contributed by atoms with E-state index in [0.29, 0.717) is 10.3 Å². The van der Waals surface area contributed by atoms with E-state index in [2.05, 4.69) is 10.3 Å². The van der Waals surface area contributed by atoms with E-state index in [1.807, 2.05) is 0 Å². The van der Waals surface area contributed by atoms with Crippen molar-refractivity contribution in [3.05, 3.63) is 29.8 Å². The second kappa shape index (κ2) is 6.51. The number of para-hydroxylation sites is 1. The summed E-state index contributed by atoms with van der Waals surface area (Å²) in [5.41, 5.74) is -1.77. The lowest BCUT2D eigenvalue weighted by atomic mass is 10.1. The van der Waals surface area contributed by atoms with Crippen LogP contribution in [0.3, 0.4) is 0 Å². The average Bonchev–Trinajstić information content (AvgIpc) is 2.42. The Hall–Kier alpha value is -1.96. The van der Waals surface area contributed by atoms with Gasteiger partial charge >= 0.3 is 12.3 Å². The molecule has 2 aromatic rings. The van der Waals surface area contributed by atoms with E-state index < -0.39 is 23.4 Å². The van der Waals surface area contributed by atoms with E-state index in [1.165, 1.54) is 23.9 Å². The Labute approximate surface area is 141 Å². The number of aromatic nitrogens is 1. The van der Waals surface area contributed by atoms with Crippen molar-refractivity contribution in [1.82, 2.24) is 4.98 Å². The number of hydrogen-bond donors (Lipinski definition) is 1. The molecule has 0 spiro atoms. The average molecular weight is 358 g/mol. The first-order valence-electron chi connectivity index (χ1n) is 7.06. The minimum Gasteiger partial charge on any atom is -0.444 e. The third-order valence-corrected chi connectivity index (χ3v) is 3.73. The topological polar surface area (TPSA) is 51.2 Å². The van der Waals surface area contributed by atoms with Crippen LogP contribution in [0.25, 0.3) is 10.9 Å². The molecule has 2 rings (SSSR count). The molecule has 1 amide bonds. The quantitative estimate of drug-likeness (QED) is 0.738. The Morgan fingerprint density at radius 1 is 1.25 bits per heavy atom. The summed E-state index contributed by atoms with van der Waals surface area (Å²) in [5, 5.41) is 2.77. The van der Waals surface area contributed by atoms with E-state index in [0.717, 1.165) is 6.07 Å². The van der Waals surface area contributed by atoms with Crippen molar-refractivity contribution in [2.24, 2.45) is 0 Å². The zero-order valence-corrected chi connectivity index (χ0v) is 14.4. The number of nitrogens with one attached hydrogen (secondary N) is 1. The number of anilines is 1. The molecule has 0 radical (unpaired) electrons. The molecular formula is C16H17F3N2O2S. The number of rotatable bonds is 2. The van der Waals surface area contributed by atoms with Gasteiger partial charge in [-0.2, -0.15) is 13.2 Å². The first-order valence-corrected chi connectivity index (χ1v) is 8.29.